The summed E-state index contributed by atoms with van der Waals surface area (Å²) in [6.45, 7) is 3.63. The van der Waals surface area contributed by atoms with Gasteiger partial charge in [0.05, 0.1) is 11.4 Å². The number of aryl methyl sites for hydroxylation is 1. The largest absolute Gasteiger partial charge is 0.271 e. The van der Waals surface area contributed by atoms with Gasteiger partial charge in [-0.2, -0.15) is 5.10 Å². The second kappa shape index (κ2) is 5.86. The number of nitrogens with one attached hydrogen (secondary N) is 1. The van der Waals surface area contributed by atoms with E-state index in [2.05, 4.69) is 20.5 Å². The summed E-state index contributed by atoms with van der Waals surface area (Å²) in [7, 11) is 0. The quantitative estimate of drug-likeness (QED) is 0.672. The molecule has 19 heavy (non-hydrogen) atoms. The Labute approximate surface area is 111 Å². The molecule has 0 aliphatic carbocycles. The maximum absolute atomic E-state index is 11.8. The summed E-state index contributed by atoms with van der Waals surface area (Å²) in [5, 5.41) is 4.05. The van der Waals surface area contributed by atoms with E-state index >= 15 is 0 Å². The monoisotopic (exact) mass is 254 g/mol. The Hall–Kier alpha value is -2.56. The van der Waals surface area contributed by atoms with Crippen molar-refractivity contribution in [2.45, 2.75) is 13.8 Å². The molecule has 0 radical (unpaired) electrons. The third-order valence-electron chi connectivity index (χ3n) is 2.59. The van der Waals surface area contributed by atoms with Crippen molar-refractivity contribution < 1.29 is 4.79 Å². The number of carbonyl (C=O) groups excluding carboxylic acids is 1. The van der Waals surface area contributed by atoms with Crippen LogP contribution in [0.5, 0.6) is 0 Å². The van der Waals surface area contributed by atoms with Crippen LogP contribution >= 0.6 is 0 Å². The van der Waals surface area contributed by atoms with Crippen molar-refractivity contribution in [3.8, 4) is 0 Å². The van der Waals surface area contributed by atoms with E-state index in [0.29, 0.717) is 17.0 Å². The van der Waals surface area contributed by atoms with E-state index in [0.717, 1.165) is 5.69 Å². The molecule has 0 spiro atoms. The molecule has 2 rings (SSSR count). The Morgan fingerprint density at radius 2 is 1.84 bits per heavy atom. The molecule has 0 saturated heterocycles. The number of aromatic nitrogens is 2. The molecular weight excluding hydrogens is 240 g/mol. The third kappa shape index (κ3) is 3.22. The van der Waals surface area contributed by atoms with Gasteiger partial charge in [-0.05, 0) is 26.0 Å². The normalized spacial score (nSPS) is 11.2. The highest BCUT2D eigenvalue weighted by Gasteiger charge is 2.06. The van der Waals surface area contributed by atoms with Gasteiger partial charge in [-0.25, -0.2) is 5.43 Å². The van der Waals surface area contributed by atoms with E-state index in [9.17, 15) is 4.79 Å². The zero-order valence-corrected chi connectivity index (χ0v) is 10.8. The summed E-state index contributed by atoms with van der Waals surface area (Å²) in [5.74, 6) is -0.249. The van der Waals surface area contributed by atoms with Crippen LogP contribution in [0.4, 0.5) is 0 Å². The molecule has 2 aromatic rings. The first-order chi connectivity index (χ1) is 9.18. The zero-order valence-electron chi connectivity index (χ0n) is 10.8. The van der Waals surface area contributed by atoms with E-state index in [4.69, 9.17) is 0 Å². The van der Waals surface area contributed by atoms with Crippen molar-refractivity contribution >= 4 is 11.6 Å². The van der Waals surface area contributed by atoms with Crippen LogP contribution in [0.25, 0.3) is 0 Å². The highest BCUT2D eigenvalue weighted by Crippen LogP contribution is 2.02. The lowest BCUT2D eigenvalue weighted by Crippen LogP contribution is -2.19. The molecule has 1 heterocycles. The molecule has 1 N–H and O–H groups in total. The van der Waals surface area contributed by atoms with Crippen molar-refractivity contribution in [1.29, 1.82) is 0 Å². The second-order valence-corrected chi connectivity index (χ2v) is 3.99. The number of benzene rings is 1. The summed E-state index contributed by atoms with van der Waals surface area (Å²) in [5.41, 5.74) is 5.14. The Bertz CT molecular complexity index is 608. The van der Waals surface area contributed by atoms with Crippen LogP contribution in [-0.2, 0) is 0 Å². The first-order valence-corrected chi connectivity index (χ1v) is 5.86. The molecule has 1 amide bonds. The molecular formula is C14H14N4O. The molecule has 5 nitrogen and oxygen atoms in total. The third-order valence-corrected chi connectivity index (χ3v) is 2.59. The molecule has 0 bridgehead atoms. The number of rotatable bonds is 3. The molecule has 1 aromatic carbocycles. The molecule has 1 aromatic heterocycles. The van der Waals surface area contributed by atoms with Gasteiger partial charge in [0.25, 0.3) is 5.91 Å². The summed E-state index contributed by atoms with van der Waals surface area (Å²) in [4.78, 5) is 20.1. The van der Waals surface area contributed by atoms with Crippen molar-refractivity contribution in [3.63, 3.8) is 0 Å². The molecule has 0 atom stereocenters. The first kappa shape index (κ1) is 12.9. The van der Waals surface area contributed by atoms with Crippen LogP contribution in [0.3, 0.4) is 0 Å². The van der Waals surface area contributed by atoms with E-state index in [-0.39, 0.29) is 5.91 Å². The number of hydrazone groups is 1. The average Bonchev–Trinajstić information content (AvgIpc) is 2.46. The van der Waals surface area contributed by atoms with Crippen LogP contribution in [0.15, 0.2) is 47.8 Å². The molecule has 96 valence electrons. The van der Waals surface area contributed by atoms with E-state index < -0.39 is 0 Å². The maximum atomic E-state index is 11.8. The van der Waals surface area contributed by atoms with Crippen LogP contribution in [0.1, 0.15) is 28.7 Å². The van der Waals surface area contributed by atoms with Crippen molar-refractivity contribution in [2.75, 3.05) is 0 Å². The number of nitrogens with zero attached hydrogens (tertiary/aromatic N) is 3. The minimum Gasteiger partial charge on any atom is -0.267 e. The van der Waals surface area contributed by atoms with Gasteiger partial charge in [0, 0.05) is 18.0 Å². The van der Waals surface area contributed by atoms with Gasteiger partial charge in [0.15, 0.2) is 0 Å². The lowest BCUT2D eigenvalue weighted by Gasteiger charge is -2.04. The Morgan fingerprint density at radius 3 is 2.53 bits per heavy atom. The smallest absolute Gasteiger partial charge is 0.267 e. The summed E-state index contributed by atoms with van der Waals surface area (Å²) in [6, 6.07) is 8.92. The molecule has 0 unspecified atom stereocenters. The summed E-state index contributed by atoms with van der Waals surface area (Å²) < 4.78 is 0. The predicted molar refractivity (Wildman–Crippen MR) is 72.9 cm³/mol. The first-order valence-electron chi connectivity index (χ1n) is 5.86. The fourth-order valence-electron chi connectivity index (χ4n) is 1.60. The van der Waals surface area contributed by atoms with E-state index in [1.165, 1.54) is 0 Å². The van der Waals surface area contributed by atoms with E-state index in [1.54, 1.807) is 43.6 Å². The van der Waals surface area contributed by atoms with Gasteiger partial charge in [-0.1, -0.05) is 18.2 Å². The van der Waals surface area contributed by atoms with Gasteiger partial charge in [0.1, 0.15) is 5.69 Å². The van der Waals surface area contributed by atoms with Crippen LogP contribution in [-0.4, -0.2) is 21.6 Å². The van der Waals surface area contributed by atoms with Gasteiger partial charge in [0.2, 0.25) is 0 Å². The molecule has 0 fully saturated rings. The molecule has 0 saturated carbocycles. The molecule has 0 aliphatic rings. The topological polar surface area (TPSA) is 67.2 Å². The number of carbonyl (C=O) groups is 1. The molecule has 5 heteroatoms. The van der Waals surface area contributed by atoms with Crippen molar-refractivity contribution in [3.05, 3.63) is 59.7 Å². The maximum Gasteiger partial charge on any atom is 0.271 e. The average molecular weight is 254 g/mol. The summed E-state index contributed by atoms with van der Waals surface area (Å²) in [6.07, 6.45) is 3.22. The van der Waals surface area contributed by atoms with Crippen LogP contribution in [0, 0.1) is 6.92 Å². The molecule has 0 aliphatic heterocycles. The number of amides is 1. The fourth-order valence-corrected chi connectivity index (χ4v) is 1.60. The van der Waals surface area contributed by atoms with Crippen molar-refractivity contribution in [2.24, 2.45) is 5.10 Å². The number of hydrogen-bond acceptors (Lipinski definition) is 4. The fraction of sp³-hybridized carbons (Fsp3) is 0.143. The van der Waals surface area contributed by atoms with Crippen LogP contribution in [0.2, 0.25) is 0 Å². The van der Waals surface area contributed by atoms with Crippen molar-refractivity contribution in [1.82, 2.24) is 15.4 Å². The van der Waals surface area contributed by atoms with Gasteiger partial charge < -0.3 is 0 Å². The van der Waals surface area contributed by atoms with Gasteiger partial charge in [-0.15, -0.1) is 0 Å². The van der Waals surface area contributed by atoms with E-state index in [1.807, 2.05) is 13.0 Å². The zero-order chi connectivity index (χ0) is 13.7. The highest BCUT2D eigenvalue weighted by atomic mass is 16.2. The SMILES string of the molecule is CC(=NNC(=O)c1ccccc1)c1nccnc1C. The Morgan fingerprint density at radius 1 is 1.16 bits per heavy atom. The summed E-state index contributed by atoms with van der Waals surface area (Å²) >= 11 is 0. The van der Waals surface area contributed by atoms with Crippen LogP contribution < -0.4 is 5.43 Å². The minimum absolute atomic E-state index is 0.249. The van der Waals surface area contributed by atoms with Gasteiger partial charge in [-0.3, -0.25) is 14.8 Å². The van der Waals surface area contributed by atoms with Gasteiger partial charge >= 0.3 is 0 Å². The lowest BCUT2D eigenvalue weighted by atomic mass is 10.2. The highest BCUT2D eigenvalue weighted by molar-refractivity contribution is 6.00. The Balaban J connectivity index is 2.11. The standard InChI is InChI=1S/C14H14N4O/c1-10-13(16-9-8-15-10)11(2)17-18-14(19)12-6-4-3-5-7-12/h3-9H,1-2H3,(H,18,19). The lowest BCUT2D eigenvalue weighted by molar-refractivity contribution is 0.0955. The Kier molecular flexibility index (Phi) is 3.97. The number of hydrogen-bond donors (Lipinski definition) is 1. The minimum atomic E-state index is -0.249. The second-order valence-electron chi connectivity index (χ2n) is 3.99. The predicted octanol–water partition coefficient (Wildman–Crippen LogP) is 1.94.